The molecule has 0 fully saturated rings. The molecule has 2 aromatic carbocycles. The fourth-order valence-corrected chi connectivity index (χ4v) is 3.47. The minimum atomic E-state index is -3.75. The number of hydrogen-bond acceptors (Lipinski definition) is 3. The second-order valence-corrected chi connectivity index (χ2v) is 6.97. The third-order valence-corrected chi connectivity index (χ3v) is 4.63. The second-order valence-electron chi connectivity index (χ2n) is 4.86. The second kappa shape index (κ2) is 6.50. The molecule has 0 spiro atoms. The Balaban J connectivity index is 2.12. The average molecular weight is 330 g/mol. The summed E-state index contributed by atoms with van der Waals surface area (Å²) in [6.07, 6.45) is -1.61. The van der Waals surface area contributed by atoms with Crippen LogP contribution in [0.15, 0.2) is 42.5 Å². The maximum atomic E-state index is 13.5. The van der Waals surface area contributed by atoms with E-state index in [1.54, 1.807) is 0 Å². The van der Waals surface area contributed by atoms with Gasteiger partial charge in [-0.05, 0) is 23.8 Å². The molecule has 118 valence electrons. The molecule has 2 aromatic rings. The van der Waals surface area contributed by atoms with Crippen molar-refractivity contribution in [2.45, 2.75) is 11.9 Å². The minimum Gasteiger partial charge on any atom is -0.387 e. The zero-order valence-electron chi connectivity index (χ0n) is 11.3. The number of hydrogen-bond donors (Lipinski definition) is 1. The van der Waals surface area contributed by atoms with Gasteiger partial charge in [0.2, 0.25) is 0 Å². The summed E-state index contributed by atoms with van der Waals surface area (Å²) in [4.78, 5) is 0. The fraction of sp³-hybridized carbons (Fsp3) is 0.200. The molecule has 0 radical (unpaired) electrons. The van der Waals surface area contributed by atoms with E-state index in [2.05, 4.69) is 0 Å². The monoisotopic (exact) mass is 330 g/mol. The summed E-state index contributed by atoms with van der Waals surface area (Å²) >= 11 is 0. The molecule has 2 rings (SSSR count). The highest BCUT2D eigenvalue weighted by Crippen LogP contribution is 2.21. The van der Waals surface area contributed by atoms with Gasteiger partial charge in [-0.25, -0.2) is 21.6 Å². The zero-order valence-corrected chi connectivity index (χ0v) is 12.2. The Hall–Kier alpha value is -1.86. The van der Waals surface area contributed by atoms with Crippen molar-refractivity contribution in [2.75, 3.05) is 5.75 Å². The molecule has 0 aliphatic heterocycles. The van der Waals surface area contributed by atoms with Crippen molar-refractivity contribution in [1.29, 1.82) is 0 Å². The molecule has 3 nitrogen and oxygen atoms in total. The molecule has 22 heavy (non-hydrogen) atoms. The maximum absolute atomic E-state index is 13.5. The third kappa shape index (κ3) is 4.32. The van der Waals surface area contributed by atoms with Crippen molar-refractivity contribution in [3.05, 3.63) is 71.0 Å². The maximum Gasteiger partial charge on any atom is 0.157 e. The van der Waals surface area contributed by atoms with Crippen LogP contribution in [-0.2, 0) is 15.6 Å². The first kappa shape index (κ1) is 16.5. The van der Waals surface area contributed by atoms with Crippen molar-refractivity contribution in [3.8, 4) is 0 Å². The first-order valence-electron chi connectivity index (χ1n) is 6.35. The van der Waals surface area contributed by atoms with E-state index in [0.29, 0.717) is 11.6 Å². The van der Waals surface area contributed by atoms with Crippen molar-refractivity contribution in [2.24, 2.45) is 0 Å². The van der Waals surface area contributed by atoms with Crippen molar-refractivity contribution < 1.29 is 26.7 Å². The van der Waals surface area contributed by atoms with Gasteiger partial charge in [0.25, 0.3) is 0 Å². The number of rotatable bonds is 5. The summed E-state index contributed by atoms with van der Waals surface area (Å²) in [5, 5.41) is 9.85. The highest BCUT2D eigenvalue weighted by molar-refractivity contribution is 7.90. The van der Waals surface area contributed by atoms with Gasteiger partial charge in [0, 0.05) is 11.6 Å². The Kier molecular flexibility index (Phi) is 4.87. The van der Waals surface area contributed by atoms with E-state index in [1.165, 1.54) is 12.1 Å². The summed E-state index contributed by atoms with van der Waals surface area (Å²) < 4.78 is 63.1. The Bertz CT molecular complexity index is 758. The van der Waals surface area contributed by atoms with Gasteiger partial charge in [0.1, 0.15) is 17.5 Å². The Labute approximate surface area is 125 Å². The minimum absolute atomic E-state index is 0.288. The van der Waals surface area contributed by atoms with Gasteiger partial charge in [0.05, 0.1) is 17.6 Å². The molecule has 1 atom stereocenters. The van der Waals surface area contributed by atoms with E-state index in [1.807, 2.05) is 0 Å². The van der Waals surface area contributed by atoms with Crippen LogP contribution in [-0.4, -0.2) is 19.3 Å². The molecule has 7 heteroatoms. The summed E-state index contributed by atoms with van der Waals surface area (Å²) in [6, 6.07) is 7.40. The highest BCUT2D eigenvalue weighted by atomic mass is 32.2. The van der Waals surface area contributed by atoms with Gasteiger partial charge in [-0.3, -0.25) is 0 Å². The predicted molar refractivity (Wildman–Crippen MR) is 75.2 cm³/mol. The van der Waals surface area contributed by atoms with Gasteiger partial charge >= 0.3 is 0 Å². The van der Waals surface area contributed by atoms with Gasteiger partial charge in [-0.1, -0.05) is 18.2 Å². The smallest absolute Gasteiger partial charge is 0.157 e. The first-order chi connectivity index (χ1) is 10.3. The van der Waals surface area contributed by atoms with Crippen molar-refractivity contribution >= 4 is 9.84 Å². The third-order valence-electron chi connectivity index (χ3n) is 3.03. The lowest BCUT2D eigenvalue weighted by atomic mass is 10.1. The molecular weight excluding hydrogens is 317 g/mol. The predicted octanol–water partition coefficient (Wildman–Crippen LogP) is 2.75. The lowest BCUT2D eigenvalue weighted by Crippen LogP contribution is -2.17. The van der Waals surface area contributed by atoms with Gasteiger partial charge < -0.3 is 5.11 Å². The van der Waals surface area contributed by atoms with Gasteiger partial charge in [0.15, 0.2) is 9.84 Å². The molecular formula is C15H13F3O3S. The summed E-state index contributed by atoms with van der Waals surface area (Å²) in [6.45, 7) is 0. The largest absolute Gasteiger partial charge is 0.387 e. The van der Waals surface area contributed by atoms with Crippen LogP contribution < -0.4 is 0 Å². The van der Waals surface area contributed by atoms with Crippen LogP contribution in [0.2, 0.25) is 0 Å². The first-order valence-corrected chi connectivity index (χ1v) is 8.17. The number of benzene rings is 2. The van der Waals surface area contributed by atoms with E-state index < -0.39 is 44.9 Å². The quantitative estimate of drug-likeness (QED) is 0.917. The van der Waals surface area contributed by atoms with E-state index in [-0.39, 0.29) is 5.56 Å². The number of aliphatic hydroxyl groups excluding tert-OH is 1. The van der Waals surface area contributed by atoms with Crippen LogP contribution in [0, 0.1) is 17.5 Å². The van der Waals surface area contributed by atoms with Gasteiger partial charge in [-0.2, -0.15) is 0 Å². The van der Waals surface area contributed by atoms with Crippen LogP contribution in [0.1, 0.15) is 17.2 Å². The Morgan fingerprint density at radius 2 is 1.55 bits per heavy atom. The molecule has 0 bridgehead atoms. The van der Waals surface area contributed by atoms with Crippen LogP contribution in [0.25, 0.3) is 0 Å². The summed E-state index contributed by atoms with van der Waals surface area (Å²) in [5.41, 5.74) is 0.0669. The topological polar surface area (TPSA) is 54.4 Å². The standard InChI is InChI=1S/C15H13F3O3S/c16-11-3-1-10(2-4-11)8-22(20,21)9-15(19)13-6-5-12(17)7-14(13)18/h1-7,15,19H,8-9H2. The SMILES string of the molecule is O=S(=O)(Cc1ccc(F)cc1)CC(O)c1ccc(F)cc1F. The molecule has 0 aliphatic rings. The number of sulfone groups is 1. The number of halogens is 3. The normalized spacial score (nSPS) is 13.1. The highest BCUT2D eigenvalue weighted by Gasteiger charge is 2.22. The summed E-state index contributed by atoms with van der Waals surface area (Å²) in [5.74, 6) is -3.44. The average Bonchev–Trinajstić information content (AvgIpc) is 2.40. The Morgan fingerprint density at radius 1 is 0.955 bits per heavy atom. The molecule has 0 amide bonds. The van der Waals surface area contributed by atoms with Crippen LogP contribution in [0.3, 0.4) is 0 Å². The molecule has 0 aliphatic carbocycles. The van der Waals surface area contributed by atoms with Gasteiger partial charge in [-0.15, -0.1) is 0 Å². The lowest BCUT2D eigenvalue weighted by molar-refractivity contribution is 0.196. The summed E-state index contributed by atoms with van der Waals surface area (Å²) in [7, 11) is -3.75. The molecule has 0 heterocycles. The molecule has 0 saturated carbocycles. The van der Waals surface area contributed by atoms with E-state index in [4.69, 9.17) is 0 Å². The fourth-order valence-electron chi connectivity index (χ4n) is 2.00. The zero-order chi connectivity index (χ0) is 16.3. The lowest BCUT2D eigenvalue weighted by Gasteiger charge is -2.12. The van der Waals surface area contributed by atoms with E-state index in [0.717, 1.165) is 24.3 Å². The van der Waals surface area contributed by atoms with Crippen LogP contribution in [0.5, 0.6) is 0 Å². The Morgan fingerprint density at radius 3 is 2.14 bits per heavy atom. The number of aliphatic hydroxyl groups is 1. The molecule has 1 unspecified atom stereocenters. The van der Waals surface area contributed by atoms with Crippen LogP contribution >= 0.6 is 0 Å². The molecule has 1 N–H and O–H groups in total. The molecule has 0 saturated heterocycles. The molecule has 0 aromatic heterocycles. The van der Waals surface area contributed by atoms with Crippen LogP contribution in [0.4, 0.5) is 13.2 Å². The van der Waals surface area contributed by atoms with E-state index in [9.17, 15) is 26.7 Å². The van der Waals surface area contributed by atoms with E-state index >= 15 is 0 Å². The van der Waals surface area contributed by atoms with Crippen molar-refractivity contribution in [1.82, 2.24) is 0 Å². The van der Waals surface area contributed by atoms with Crippen molar-refractivity contribution in [3.63, 3.8) is 0 Å².